The van der Waals surface area contributed by atoms with Crippen LogP contribution >= 0.6 is 57.4 Å². The molecule has 0 aliphatic carbocycles. The molecule has 0 spiro atoms. The van der Waals surface area contributed by atoms with Crippen LogP contribution in [0.2, 0.25) is 15.1 Å². The zero-order valence-corrected chi connectivity index (χ0v) is 13.8. The maximum absolute atomic E-state index is 13.1. The number of hydrogen-bond acceptors (Lipinski definition) is 1. The number of nitrogens with zero attached hydrogens (tertiary/aromatic N) is 1. The second-order valence-electron chi connectivity index (χ2n) is 3.74. The summed E-state index contributed by atoms with van der Waals surface area (Å²) in [4.78, 5) is 3.87. The van der Waals surface area contributed by atoms with Crippen molar-refractivity contribution in [3.05, 3.63) is 48.7 Å². The van der Waals surface area contributed by atoms with Crippen molar-refractivity contribution in [2.24, 2.45) is 0 Å². The first-order chi connectivity index (χ1) is 9.23. The van der Waals surface area contributed by atoms with Gasteiger partial charge >= 0.3 is 6.18 Å². The van der Waals surface area contributed by atoms with E-state index in [9.17, 15) is 13.2 Å². The standard InChI is InChI=1S/C12H4Cl3F3IN/c13-7-2-1-5(9(14)10(7)15)8-6(12(16,17)18)3-4-20-11(8)19/h1-4H. The molecule has 0 atom stereocenters. The highest BCUT2D eigenvalue weighted by molar-refractivity contribution is 14.1. The topological polar surface area (TPSA) is 12.9 Å². The molecule has 0 unspecified atom stereocenters. The van der Waals surface area contributed by atoms with Crippen molar-refractivity contribution in [1.29, 1.82) is 0 Å². The summed E-state index contributed by atoms with van der Waals surface area (Å²) < 4.78 is 39.5. The minimum atomic E-state index is -4.52. The molecular formula is C12H4Cl3F3IN. The summed E-state index contributed by atoms with van der Waals surface area (Å²) in [6, 6.07) is 3.69. The van der Waals surface area contributed by atoms with E-state index in [2.05, 4.69) is 4.98 Å². The molecule has 0 fully saturated rings. The van der Waals surface area contributed by atoms with E-state index in [4.69, 9.17) is 34.8 Å². The van der Waals surface area contributed by atoms with Crippen LogP contribution in [-0.2, 0) is 6.18 Å². The van der Waals surface area contributed by atoms with E-state index in [0.29, 0.717) is 0 Å². The summed E-state index contributed by atoms with van der Waals surface area (Å²) in [5.74, 6) is 0. The van der Waals surface area contributed by atoms with Gasteiger partial charge in [-0.15, -0.1) is 0 Å². The lowest BCUT2D eigenvalue weighted by atomic mass is 10.0. The molecule has 20 heavy (non-hydrogen) atoms. The van der Waals surface area contributed by atoms with Crippen LogP contribution in [-0.4, -0.2) is 4.98 Å². The Bertz CT molecular complexity index is 674. The van der Waals surface area contributed by atoms with E-state index in [0.717, 1.165) is 12.3 Å². The number of pyridine rings is 1. The van der Waals surface area contributed by atoms with Gasteiger partial charge in [0, 0.05) is 17.3 Å². The van der Waals surface area contributed by atoms with E-state index in [1.807, 2.05) is 0 Å². The predicted octanol–water partition coefficient (Wildman–Crippen LogP) is 6.33. The zero-order valence-electron chi connectivity index (χ0n) is 9.40. The molecule has 0 radical (unpaired) electrons. The monoisotopic (exact) mass is 451 g/mol. The van der Waals surface area contributed by atoms with Crippen molar-refractivity contribution in [2.45, 2.75) is 6.18 Å². The Hall–Kier alpha value is -0.240. The highest BCUT2D eigenvalue weighted by Crippen LogP contribution is 2.44. The van der Waals surface area contributed by atoms with Crippen LogP contribution in [0.25, 0.3) is 11.1 Å². The van der Waals surface area contributed by atoms with Crippen LogP contribution in [0.1, 0.15) is 5.56 Å². The molecule has 0 saturated heterocycles. The zero-order chi connectivity index (χ0) is 15.1. The Labute approximate surface area is 141 Å². The minimum Gasteiger partial charge on any atom is -0.250 e. The number of rotatable bonds is 1. The molecule has 0 amide bonds. The third-order valence-corrected chi connectivity index (χ3v) is 4.63. The van der Waals surface area contributed by atoms with Crippen molar-refractivity contribution in [1.82, 2.24) is 4.98 Å². The molecule has 1 nitrogen and oxygen atoms in total. The molecule has 2 aromatic rings. The highest BCUT2D eigenvalue weighted by atomic mass is 127. The van der Waals surface area contributed by atoms with E-state index in [1.165, 1.54) is 12.1 Å². The lowest BCUT2D eigenvalue weighted by Crippen LogP contribution is -2.09. The van der Waals surface area contributed by atoms with Crippen molar-refractivity contribution in [2.75, 3.05) is 0 Å². The number of aromatic nitrogens is 1. The molecule has 2 rings (SSSR count). The molecule has 1 heterocycles. The van der Waals surface area contributed by atoms with Gasteiger partial charge in [-0.05, 0) is 34.7 Å². The maximum Gasteiger partial charge on any atom is 0.417 e. The molecule has 0 aliphatic heterocycles. The SMILES string of the molecule is FC(F)(F)c1ccnc(I)c1-c1ccc(Cl)c(Cl)c1Cl. The summed E-state index contributed by atoms with van der Waals surface area (Å²) in [6.45, 7) is 0. The summed E-state index contributed by atoms with van der Waals surface area (Å²) in [5.41, 5.74) is -0.785. The molecular weight excluding hydrogens is 448 g/mol. The van der Waals surface area contributed by atoms with Gasteiger partial charge in [0.05, 0.1) is 20.6 Å². The first-order valence-electron chi connectivity index (χ1n) is 5.09. The van der Waals surface area contributed by atoms with Crippen molar-refractivity contribution < 1.29 is 13.2 Å². The average Bonchev–Trinajstić information content (AvgIpc) is 2.36. The second kappa shape index (κ2) is 5.87. The third-order valence-electron chi connectivity index (χ3n) is 2.51. The molecule has 1 aromatic heterocycles. The number of hydrogen-bond donors (Lipinski definition) is 0. The van der Waals surface area contributed by atoms with Crippen LogP contribution in [0.15, 0.2) is 24.4 Å². The largest absolute Gasteiger partial charge is 0.417 e. The Balaban J connectivity index is 2.80. The third kappa shape index (κ3) is 3.00. The van der Waals surface area contributed by atoms with E-state index < -0.39 is 11.7 Å². The molecule has 0 aliphatic rings. The van der Waals surface area contributed by atoms with Gasteiger partial charge in [-0.1, -0.05) is 40.9 Å². The first-order valence-corrected chi connectivity index (χ1v) is 7.30. The van der Waals surface area contributed by atoms with Gasteiger partial charge in [-0.2, -0.15) is 13.2 Å². The number of alkyl halides is 3. The van der Waals surface area contributed by atoms with Gasteiger partial charge in [-0.3, -0.25) is 0 Å². The Morgan fingerprint density at radius 1 is 1.00 bits per heavy atom. The van der Waals surface area contributed by atoms with Gasteiger partial charge in [0.1, 0.15) is 3.70 Å². The highest BCUT2D eigenvalue weighted by Gasteiger charge is 2.35. The molecule has 1 aromatic carbocycles. The van der Waals surface area contributed by atoms with Gasteiger partial charge in [0.15, 0.2) is 0 Å². The van der Waals surface area contributed by atoms with E-state index >= 15 is 0 Å². The Morgan fingerprint density at radius 2 is 1.65 bits per heavy atom. The fourth-order valence-corrected chi connectivity index (χ4v) is 3.02. The van der Waals surface area contributed by atoms with Crippen molar-refractivity contribution >= 4 is 57.4 Å². The Kier molecular flexibility index (Phi) is 4.73. The summed E-state index contributed by atoms with van der Waals surface area (Å²) in [5, 5.41) is 0.155. The van der Waals surface area contributed by atoms with Crippen molar-refractivity contribution in [3.8, 4) is 11.1 Å². The quantitative estimate of drug-likeness (QED) is 0.280. The minimum absolute atomic E-state index is 0.0126. The van der Waals surface area contributed by atoms with Gasteiger partial charge < -0.3 is 0 Å². The number of benzene rings is 1. The van der Waals surface area contributed by atoms with Crippen LogP contribution < -0.4 is 0 Å². The lowest BCUT2D eigenvalue weighted by Gasteiger charge is -2.15. The summed E-state index contributed by atoms with van der Waals surface area (Å²) in [6.07, 6.45) is -3.42. The normalized spacial score (nSPS) is 11.8. The maximum atomic E-state index is 13.1. The lowest BCUT2D eigenvalue weighted by molar-refractivity contribution is -0.137. The van der Waals surface area contributed by atoms with Gasteiger partial charge in [-0.25, -0.2) is 4.98 Å². The van der Waals surface area contributed by atoms with Crippen LogP contribution in [0.4, 0.5) is 13.2 Å². The van der Waals surface area contributed by atoms with E-state index in [-0.39, 0.29) is 29.9 Å². The predicted molar refractivity (Wildman–Crippen MR) is 82.4 cm³/mol. The average molecular weight is 452 g/mol. The Morgan fingerprint density at radius 3 is 2.25 bits per heavy atom. The molecule has 0 N–H and O–H groups in total. The van der Waals surface area contributed by atoms with E-state index in [1.54, 1.807) is 22.6 Å². The molecule has 8 heteroatoms. The van der Waals surface area contributed by atoms with Gasteiger partial charge in [0.25, 0.3) is 0 Å². The second-order valence-corrected chi connectivity index (χ2v) is 5.93. The van der Waals surface area contributed by atoms with Crippen molar-refractivity contribution in [3.63, 3.8) is 0 Å². The first kappa shape index (κ1) is 16.1. The van der Waals surface area contributed by atoms with Gasteiger partial charge in [0.2, 0.25) is 0 Å². The molecule has 0 bridgehead atoms. The van der Waals surface area contributed by atoms with Crippen LogP contribution in [0.5, 0.6) is 0 Å². The summed E-state index contributed by atoms with van der Waals surface area (Å²) >= 11 is 19.4. The molecule has 0 saturated carbocycles. The fraction of sp³-hybridized carbons (Fsp3) is 0.0833. The molecule has 106 valence electrons. The smallest absolute Gasteiger partial charge is 0.250 e. The van der Waals surface area contributed by atoms with Crippen LogP contribution in [0, 0.1) is 3.70 Å². The number of halogens is 7. The fourth-order valence-electron chi connectivity index (χ4n) is 1.65. The summed E-state index contributed by atoms with van der Waals surface area (Å²) in [7, 11) is 0. The van der Waals surface area contributed by atoms with Crippen LogP contribution in [0.3, 0.4) is 0 Å².